The van der Waals surface area contributed by atoms with E-state index in [1.807, 2.05) is 11.8 Å². The number of rotatable bonds is 5. The minimum Gasteiger partial charge on any atom is -0.368 e. The van der Waals surface area contributed by atoms with E-state index in [4.69, 9.17) is 9.47 Å². The topological polar surface area (TPSA) is 80.3 Å². The van der Waals surface area contributed by atoms with Crippen LogP contribution in [0.4, 0.5) is 0 Å². The van der Waals surface area contributed by atoms with Gasteiger partial charge in [0.1, 0.15) is 18.5 Å². The molecule has 2 fully saturated rings. The number of ether oxygens (including phenoxy) is 2. The van der Waals surface area contributed by atoms with Crippen LogP contribution in [0.3, 0.4) is 0 Å². The average Bonchev–Trinajstić information content (AvgIpc) is 3.10. The molecule has 0 radical (unpaired) electrons. The second-order valence-electron chi connectivity index (χ2n) is 6.80. The Kier molecular flexibility index (Phi) is 5.84. The molecule has 0 bridgehead atoms. The standard InChI is InChI=1S/C17H28N4O3/c1-3-15-18-17(20-19-15)14-10-21(8-9-23-14)16(22)11-24-13-7-5-4-6-12(13)2/h12-14H,3-11H2,1-2H3,(H,18,19,20)/t12-,13+,14-/m0/s1. The molecule has 1 N–H and O–H groups in total. The second-order valence-corrected chi connectivity index (χ2v) is 6.80. The summed E-state index contributed by atoms with van der Waals surface area (Å²) in [6.45, 7) is 5.99. The Morgan fingerprint density at radius 2 is 2.25 bits per heavy atom. The van der Waals surface area contributed by atoms with Crippen LogP contribution >= 0.6 is 0 Å². The highest BCUT2D eigenvalue weighted by Gasteiger charge is 2.29. The minimum absolute atomic E-state index is 0.0346. The number of hydrogen-bond donors (Lipinski definition) is 1. The first-order valence-corrected chi connectivity index (χ1v) is 9.09. The molecule has 1 aliphatic heterocycles. The summed E-state index contributed by atoms with van der Waals surface area (Å²) < 4.78 is 11.6. The zero-order chi connectivity index (χ0) is 16.9. The zero-order valence-corrected chi connectivity index (χ0v) is 14.7. The maximum absolute atomic E-state index is 12.5. The number of amides is 1. The minimum atomic E-state index is -0.257. The molecule has 3 atom stereocenters. The molecular formula is C17H28N4O3. The van der Waals surface area contributed by atoms with Crippen molar-refractivity contribution in [1.29, 1.82) is 0 Å². The molecule has 2 heterocycles. The van der Waals surface area contributed by atoms with Crippen LogP contribution in [0.15, 0.2) is 0 Å². The lowest BCUT2D eigenvalue weighted by Gasteiger charge is -2.33. The predicted octanol–water partition coefficient (Wildman–Crippen LogP) is 1.86. The molecule has 134 valence electrons. The number of H-pyrrole nitrogens is 1. The van der Waals surface area contributed by atoms with E-state index in [2.05, 4.69) is 22.1 Å². The van der Waals surface area contributed by atoms with Crippen molar-refractivity contribution in [2.24, 2.45) is 5.92 Å². The number of carbonyl (C=O) groups is 1. The van der Waals surface area contributed by atoms with Crippen molar-refractivity contribution in [3.05, 3.63) is 11.6 Å². The third-order valence-electron chi connectivity index (χ3n) is 5.04. The van der Waals surface area contributed by atoms with Crippen LogP contribution in [0.25, 0.3) is 0 Å². The third kappa shape index (κ3) is 4.13. The number of nitrogens with one attached hydrogen (secondary N) is 1. The van der Waals surface area contributed by atoms with Gasteiger partial charge in [-0.1, -0.05) is 26.7 Å². The van der Waals surface area contributed by atoms with Crippen molar-refractivity contribution < 1.29 is 14.3 Å². The van der Waals surface area contributed by atoms with Crippen molar-refractivity contribution in [2.75, 3.05) is 26.3 Å². The lowest BCUT2D eigenvalue weighted by Crippen LogP contribution is -2.44. The maximum Gasteiger partial charge on any atom is 0.248 e. The fourth-order valence-corrected chi connectivity index (χ4v) is 3.44. The third-order valence-corrected chi connectivity index (χ3v) is 5.04. The van der Waals surface area contributed by atoms with Gasteiger partial charge in [-0.05, 0) is 18.8 Å². The van der Waals surface area contributed by atoms with Gasteiger partial charge in [0, 0.05) is 13.0 Å². The second kappa shape index (κ2) is 8.07. The first kappa shape index (κ1) is 17.4. The molecule has 1 saturated heterocycles. The Labute approximate surface area is 143 Å². The van der Waals surface area contributed by atoms with E-state index < -0.39 is 0 Å². The molecule has 1 saturated carbocycles. The quantitative estimate of drug-likeness (QED) is 0.888. The molecule has 1 aliphatic carbocycles. The lowest BCUT2D eigenvalue weighted by atomic mass is 9.88. The molecule has 7 nitrogen and oxygen atoms in total. The SMILES string of the molecule is CCc1nc([C@@H]2CN(C(=O)CO[C@@H]3CCCC[C@@H]3C)CCO2)n[nH]1. The molecule has 2 aliphatic rings. The number of hydrogen-bond acceptors (Lipinski definition) is 5. The monoisotopic (exact) mass is 336 g/mol. The highest BCUT2D eigenvalue weighted by molar-refractivity contribution is 5.77. The van der Waals surface area contributed by atoms with Gasteiger partial charge in [-0.2, -0.15) is 5.10 Å². The van der Waals surface area contributed by atoms with Crippen molar-refractivity contribution >= 4 is 5.91 Å². The van der Waals surface area contributed by atoms with Gasteiger partial charge < -0.3 is 14.4 Å². The average molecular weight is 336 g/mol. The molecule has 0 unspecified atom stereocenters. The number of aromatic nitrogens is 3. The Morgan fingerprint density at radius 3 is 3.00 bits per heavy atom. The van der Waals surface area contributed by atoms with Gasteiger partial charge in [0.25, 0.3) is 0 Å². The van der Waals surface area contributed by atoms with Gasteiger partial charge in [-0.15, -0.1) is 0 Å². The summed E-state index contributed by atoms with van der Waals surface area (Å²) in [6, 6.07) is 0. The molecular weight excluding hydrogens is 308 g/mol. The fourth-order valence-electron chi connectivity index (χ4n) is 3.44. The van der Waals surface area contributed by atoms with Crippen molar-refractivity contribution in [2.45, 2.75) is 58.2 Å². The van der Waals surface area contributed by atoms with Crippen LogP contribution in [-0.4, -0.2) is 58.4 Å². The number of aromatic amines is 1. The molecule has 1 aromatic heterocycles. The number of aryl methyl sites for hydroxylation is 1. The highest BCUT2D eigenvalue weighted by Crippen LogP contribution is 2.26. The van der Waals surface area contributed by atoms with E-state index in [-0.39, 0.29) is 24.7 Å². The van der Waals surface area contributed by atoms with Gasteiger partial charge in [0.15, 0.2) is 5.82 Å². The lowest BCUT2D eigenvalue weighted by molar-refractivity contribution is -0.147. The normalized spacial score (nSPS) is 28.1. The van der Waals surface area contributed by atoms with E-state index in [1.165, 1.54) is 19.3 Å². The Hall–Kier alpha value is -1.47. The van der Waals surface area contributed by atoms with Crippen LogP contribution < -0.4 is 0 Å². The Bertz CT molecular complexity index is 548. The molecule has 3 rings (SSSR count). The summed E-state index contributed by atoms with van der Waals surface area (Å²) in [5.74, 6) is 2.05. The van der Waals surface area contributed by atoms with Crippen LogP contribution in [0.5, 0.6) is 0 Å². The summed E-state index contributed by atoms with van der Waals surface area (Å²) >= 11 is 0. The smallest absolute Gasteiger partial charge is 0.248 e. The van der Waals surface area contributed by atoms with Crippen LogP contribution in [-0.2, 0) is 20.7 Å². The molecule has 7 heteroatoms. The van der Waals surface area contributed by atoms with E-state index in [0.29, 0.717) is 31.4 Å². The number of nitrogens with zero attached hydrogens (tertiary/aromatic N) is 3. The summed E-state index contributed by atoms with van der Waals surface area (Å²) in [5, 5.41) is 7.10. The van der Waals surface area contributed by atoms with Crippen molar-refractivity contribution in [3.63, 3.8) is 0 Å². The molecule has 0 spiro atoms. The maximum atomic E-state index is 12.5. The van der Waals surface area contributed by atoms with E-state index in [9.17, 15) is 4.79 Å². The molecule has 1 amide bonds. The fraction of sp³-hybridized carbons (Fsp3) is 0.824. The van der Waals surface area contributed by atoms with Crippen molar-refractivity contribution in [3.8, 4) is 0 Å². The van der Waals surface area contributed by atoms with Gasteiger partial charge in [0.05, 0.1) is 19.3 Å². The summed E-state index contributed by atoms with van der Waals surface area (Å²) in [7, 11) is 0. The van der Waals surface area contributed by atoms with E-state index in [1.54, 1.807) is 0 Å². The predicted molar refractivity (Wildman–Crippen MR) is 88.4 cm³/mol. The zero-order valence-electron chi connectivity index (χ0n) is 14.7. The molecule has 1 aromatic rings. The molecule has 0 aromatic carbocycles. The Balaban J connectivity index is 1.51. The van der Waals surface area contributed by atoms with Gasteiger partial charge in [-0.25, -0.2) is 4.98 Å². The number of carbonyl (C=O) groups excluding carboxylic acids is 1. The Morgan fingerprint density at radius 1 is 1.42 bits per heavy atom. The first-order valence-electron chi connectivity index (χ1n) is 9.09. The first-order chi connectivity index (χ1) is 11.7. The van der Waals surface area contributed by atoms with Gasteiger partial charge in [0.2, 0.25) is 5.91 Å². The van der Waals surface area contributed by atoms with Crippen LogP contribution in [0.2, 0.25) is 0 Å². The molecule has 24 heavy (non-hydrogen) atoms. The van der Waals surface area contributed by atoms with Crippen LogP contribution in [0, 0.1) is 5.92 Å². The summed E-state index contributed by atoms with van der Waals surface area (Å²) in [6.07, 6.45) is 5.51. The highest BCUT2D eigenvalue weighted by atomic mass is 16.5. The van der Waals surface area contributed by atoms with Crippen molar-refractivity contribution in [1.82, 2.24) is 20.1 Å². The van der Waals surface area contributed by atoms with Crippen LogP contribution in [0.1, 0.15) is 57.3 Å². The van der Waals surface area contributed by atoms with Gasteiger partial charge >= 0.3 is 0 Å². The number of morpholine rings is 1. The van der Waals surface area contributed by atoms with Gasteiger partial charge in [-0.3, -0.25) is 9.89 Å². The summed E-state index contributed by atoms with van der Waals surface area (Å²) in [4.78, 5) is 18.7. The largest absolute Gasteiger partial charge is 0.368 e. The summed E-state index contributed by atoms with van der Waals surface area (Å²) in [5.41, 5.74) is 0. The van der Waals surface area contributed by atoms with E-state index >= 15 is 0 Å². The van der Waals surface area contributed by atoms with E-state index in [0.717, 1.165) is 18.7 Å².